The van der Waals surface area contributed by atoms with Gasteiger partial charge in [-0.25, -0.2) is 0 Å². The average Bonchev–Trinajstić information content (AvgIpc) is 2.44. The molecule has 3 N–H and O–H groups in total. The third-order valence-electron chi connectivity index (χ3n) is 2.65. The molecule has 1 aromatic rings. The third kappa shape index (κ3) is 7.71. The maximum atomic E-state index is 12.3. The number of carbonyl (C=O) groups excluding carboxylic acids is 2. The van der Waals surface area contributed by atoms with Gasteiger partial charge in [-0.2, -0.15) is 0 Å². The van der Waals surface area contributed by atoms with Crippen LogP contribution in [0.25, 0.3) is 0 Å². The Morgan fingerprint density at radius 2 is 1.91 bits per heavy atom. The maximum Gasteiger partial charge on any atom is 0.573 e. The van der Waals surface area contributed by atoms with Crippen molar-refractivity contribution in [2.45, 2.75) is 12.9 Å². The van der Waals surface area contributed by atoms with Crippen molar-refractivity contribution in [3.05, 3.63) is 29.8 Å². The summed E-state index contributed by atoms with van der Waals surface area (Å²) in [6, 6.07) is 5.52. The van der Waals surface area contributed by atoms with Crippen molar-refractivity contribution in [3.63, 3.8) is 0 Å². The largest absolute Gasteiger partial charge is 0.573 e. The molecule has 0 aromatic heterocycles. The Kier molecular flexibility index (Phi) is 8.41. The lowest BCUT2D eigenvalue weighted by Crippen LogP contribution is -2.40. The first-order valence-electron chi connectivity index (χ1n) is 6.27. The van der Waals surface area contributed by atoms with Gasteiger partial charge in [-0.05, 0) is 6.07 Å². The van der Waals surface area contributed by atoms with Gasteiger partial charge in [0.1, 0.15) is 5.75 Å². The molecular formula is C13H17ClF3N3O3. The number of nitrogens with one attached hydrogen (secondary N) is 1. The molecule has 0 spiro atoms. The van der Waals surface area contributed by atoms with Crippen molar-refractivity contribution < 1.29 is 27.5 Å². The molecule has 0 atom stereocenters. The van der Waals surface area contributed by atoms with E-state index in [0.29, 0.717) is 0 Å². The Morgan fingerprint density at radius 1 is 1.30 bits per heavy atom. The third-order valence-corrected chi connectivity index (χ3v) is 2.65. The molecule has 23 heavy (non-hydrogen) atoms. The molecule has 1 aromatic carbocycles. The Labute approximate surface area is 137 Å². The number of hydrogen-bond acceptors (Lipinski definition) is 4. The SMILES string of the molecule is CN(Cc1ccccc1OC(F)(F)F)C(=O)CNC(=O)CN.Cl. The number of amides is 2. The van der Waals surface area contributed by atoms with E-state index in [-0.39, 0.29) is 43.4 Å². The summed E-state index contributed by atoms with van der Waals surface area (Å²) in [5.41, 5.74) is 5.27. The number of rotatable bonds is 6. The fraction of sp³-hybridized carbons (Fsp3) is 0.385. The summed E-state index contributed by atoms with van der Waals surface area (Å²) in [5, 5.41) is 2.29. The van der Waals surface area contributed by atoms with E-state index in [2.05, 4.69) is 10.1 Å². The van der Waals surface area contributed by atoms with Gasteiger partial charge in [0.25, 0.3) is 0 Å². The summed E-state index contributed by atoms with van der Waals surface area (Å²) in [6.45, 7) is -0.627. The number of nitrogens with zero attached hydrogens (tertiary/aromatic N) is 1. The molecule has 0 saturated carbocycles. The van der Waals surface area contributed by atoms with E-state index in [9.17, 15) is 22.8 Å². The molecule has 1 rings (SSSR count). The van der Waals surface area contributed by atoms with Crippen molar-refractivity contribution in [3.8, 4) is 5.75 Å². The van der Waals surface area contributed by atoms with Gasteiger partial charge in [-0.3, -0.25) is 9.59 Å². The molecule has 0 radical (unpaired) electrons. The number of likely N-dealkylation sites (N-methyl/N-ethyl adjacent to an activating group) is 1. The van der Waals surface area contributed by atoms with E-state index in [0.717, 1.165) is 6.07 Å². The summed E-state index contributed by atoms with van der Waals surface area (Å²) in [7, 11) is 1.40. The summed E-state index contributed by atoms with van der Waals surface area (Å²) in [6.07, 6.45) is -4.81. The second-order valence-electron chi connectivity index (χ2n) is 4.39. The predicted molar refractivity (Wildman–Crippen MR) is 78.9 cm³/mol. The van der Waals surface area contributed by atoms with Crippen LogP contribution < -0.4 is 15.8 Å². The number of benzene rings is 1. The van der Waals surface area contributed by atoms with Gasteiger partial charge >= 0.3 is 6.36 Å². The number of hydrogen-bond donors (Lipinski definition) is 2. The summed E-state index contributed by atoms with van der Waals surface area (Å²) in [5.74, 6) is -1.34. The number of carbonyl (C=O) groups is 2. The zero-order valence-corrected chi connectivity index (χ0v) is 13.0. The van der Waals surface area contributed by atoms with Crippen molar-refractivity contribution in [1.29, 1.82) is 0 Å². The molecule has 2 amide bonds. The lowest BCUT2D eigenvalue weighted by Gasteiger charge is -2.20. The highest BCUT2D eigenvalue weighted by atomic mass is 35.5. The highest BCUT2D eigenvalue weighted by Crippen LogP contribution is 2.26. The molecule has 0 bridgehead atoms. The Hall–Kier alpha value is -2.00. The minimum Gasteiger partial charge on any atom is -0.405 e. The maximum absolute atomic E-state index is 12.3. The lowest BCUT2D eigenvalue weighted by molar-refractivity contribution is -0.275. The van der Waals surface area contributed by atoms with Gasteiger partial charge in [-0.1, -0.05) is 18.2 Å². The Balaban J connectivity index is 0.00000484. The number of ether oxygens (including phenoxy) is 1. The van der Waals surface area contributed by atoms with Crippen molar-refractivity contribution in [2.24, 2.45) is 5.73 Å². The number of halogens is 4. The standard InChI is InChI=1S/C13H16F3N3O3.ClH/c1-19(12(21)7-18-11(20)6-17)8-9-4-2-3-5-10(9)22-13(14,15)16;/h2-5H,6-8,17H2,1H3,(H,18,20);1H. The van der Waals surface area contributed by atoms with Gasteiger partial charge < -0.3 is 20.7 Å². The van der Waals surface area contributed by atoms with Crippen LogP contribution in [0.15, 0.2) is 24.3 Å². The van der Waals surface area contributed by atoms with Crippen LogP contribution in [0.2, 0.25) is 0 Å². The zero-order valence-electron chi connectivity index (χ0n) is 12.2. The topological polar surface area (TPSA) is 84.7 Å². The summed E-state index contributed by atoms with van der Waals surface area (Å²) in [4.78, 5) is 23.9. The van der Waals surface area contributed by atoms with Crippen LogP contribution in [-0.2, 0) is 16.1 Å². The van der Waals surface area contributed by atoms with E-state index < -0.39 is 18.2 Å². The van der Waals surface area contributed by atoms with E-state index in [1.807, 2.05) is 0 Å². The number of nitrogens with two attached hydrogens (primary N) is 1. The Morgan fingerprint density at radius 3 is 2.48 bits per heavy atom. The molecule has 0 saturated heterocycles. The quantitative estimate of drug-likeness (QED) is 0.798. The molecule has 10 heteroatoms. The fourth-order valence-corrected chi connectivity index (χ4v) is 1.58. The fourth-order valence-electron chi connectivity index (χ4n) is 1.58. The molecule has 0 heterocycles. The Bertz CT molecular complexity index is 541. The monoisotopic (exact) mass is 355 g/mol. The minimum atomic E-state index is -4.81. The zero-order chi connectivity index (χ0) is 16.8. The second kappa shape index (κ2) is 9.21. The van der Waals surface area contributed by atoms with Crippen LogP contribution in [0.1, 0.15) is 5.56 Å². The van der Waals surface area contributed by atoms with Crippen LogP contribution in [0, 0.1) is 0 Å². The minimum absolute atomic E-state index is 0. The van der Waals surface area contributed by atoms with Crippen LogP contribution in [-0.4, -0.2) is 43.2 Å². The molecular weight excluding hydrogens is 339 g/mol. The van der Waals surface area contributed by atoms with Crippen molar-refractivity contribution in [1.82, 2.24) is 10.2 Å². The second-order valence-corrected chi connectivity index (χ2v) is 4.39. The lowest BCUT2D eigenvalue weighted by atomic mass is 10.2. The van der Waals surface area contributed by atoms with E-state index in [1.54, 1.807) is 0 Å². The molecule has 0 aliphatic rings. The first-order valence-corrected chi connectivity index (χ1v) is 6.27. The van der Waals surface area contributed by atoms with Gasteiger partial charge in [0.05, 0.1) is 13.1 Å². The van der Waals surface area contributed by atoms with Gasteiger partial charge in [-0.15, -0.1) is 25.6 Å². The van der Waals surface area contributed by atoms with E-state index in [4.69, 9.17) is 5.73 Å². The van der Waals surface area contributed by atoms with Crippen LogP contribution in [0.5, 0.6) is 5.75 Å². The molecule has 0 aliphatic carbocycles. The highest BCUT2D eigenvalue weighted by molar-refractivity contribution is 5.85. The van der Waals surface area contributed by atoms with Gasteiger partial charge in [0.15, 0.2) is 0 Å². The molecule has 0 aliphatic heterocycles. The summed E-state index contributed by atoms with van der Waals surface area (Å²) >= 11 is 0. The first-order chi connectivity index (χ1) is 10.2. The molecule has 130 valence electrons. The van der Waals surface area contributed by atoms with Crippen LogP contribution in [0.4, 0.5) is 13.2 Å². The van der Waals surface area contributed by atoms with Crippen molar-refractivity contribution in [2.75, 3.05) is 20.1 Å². The number of alkyl halides is 3. The average molecular weight is 356 g/mol. The van der Waals surface area contributed by atoms with Crippen LogP contribution in [0.3, 0.4) is 0 Å². The molecule has 0 fully saturated rings. The predicted octanol–water partition coefficient (Wildman–Crippen LogP) is 1.04. The van der Waals surface area contributed by atoms with Gasteiger partial charge in [0.2, 0.25) is 11.8 Å². The molecule has 0 unspecified atom stereocenters. The van der Waals surface area contributed by atoms with E-state index in [1.165, 1.54) is 30.1 Å². The smallest absolute Gasteiger partial charge is 0.405 e. The molecule has 6 nitrogen and oxygen atoms in total. The highest BCUT2D eigenvalue weighted by Gasteiger charge is 2.32. The van der Waals surface area contributed by atoms with Crippen molar-refractivity contribution >= 4 is 24.2 Å². The van der Waals surface area contributed by atoms with Crippen LogP contribution >= 0.6 is 12.4 Å². The van der Waals surface area contributed by atoms with Gasteiger partial charge in [0, 0.05) is 19.2 Å². The summed E-state index contributed by atoms with van der Waals surface area (Å²) < 4.78 is 40.8. The first kappa shape index (κ1) is 21.0. The van der Waals surface area contributed by atoms with E-state index >= 15 is 0 Å². The normalized spacial score (nSPS) is 10.5. The number of para-hydroxylation sites is 1.